The van der Waals surface area contributed by atoms with Gasteiger partial charge in [0, 0.05) is 5.38 Å². The lowest BCUT2D eigenvalue weighted by molar-refractivity contribution is 0.102. The van der Waals surface area contributed by atoms with E-state index in [0.717, 1.165) is 14.4 Å². The highest BCUT2D eigenvalue weighted by Crippen LogP contribution is 2.33. The van der Waals surface area contributed by atoms with Crippen LogP contribution < -0.4 is 5.32 Å². The number of rotatable bonds is 3. The van der Waals surface area contributed by atoms with Gasteiger partial charge in [-0.15, -0.1) is 22.7 Å². The number of thiophene rings is 1. The SMILES string of the molecule is O=C(Nc1nc(-c2ccc(Br)s2)cs1)c1cccc(Cl)c1Cl. The summed E-state index contributed by atoms with van der Waals surface area (Å²) in [7, 11) is 0. The number of nitrogens with zero attached hydrogens (tertiary/aromatic N) is 1. The smallest absolute Gasteiger partial charge is 0.259 e. The fourth-order valence-electron chi connectivity index (χ4n) is 1.74. The van der Waals surface area contributed by atoms with E-state index < -0.39 is 0 Å². The standard InChI is InChI=1S/C14H7BrCl2N2OS2/c15-11-5-4-10(22-11)9-6-21-14(18-9)19-13(20)7-2-1-3-8(16)12(7)17/h1-6H,(H,18,19,20). The van der Waals surface area contributed by atoms with Crippen LogP contribution in [0.15, 0.2) is 39.5 Å². The molecule has 1 aromatic carbocycles. The molecule has 0 aliphatic heterocycles. The van der Waals surface area contributed by atoms with Crippen molar-refractivity contribution in [2.45, 2.75) is 0 Å². The van der Waals surface area contributed by atoms with Crippen LogP contribution in [0.5, 0.6) is 0 Å². The van der Waals surface area contributed by atoms with Crippen molar-refractivity contribution in [2.75, 3.05) is 5.32 Å². The van der Waals surface area contributed by atoms with E-state index >= 15 is 0 Å². The number of amides is 1. The van der Waals surface area contributed by atoms with Gasteiger partial charge in [-0.2, -0.15) is 0 Å². The first-order chi connectivity index (χ1) is 10.5. The first-order valence-corrected chi connectivity index (χ1v) is 9.25. The minimum absolute atomic E-state index is 0.237. The number of benzene rings is 1. The third-order valence-corrected chi connectivity index (χ3v) is 5.97. The summed E-state index contributed by atoms with van der Waals surface area (Å²) in [6.07, 6.45) is 0. The lowest BCUT2D eigenvalue weighted by Gasteiger charge is -2.04. The molecule has 3 rings (SSSR count). The molecule has 0 bridgehead atoms. The van der Waals surface area contributed by atoms with Crippen LogP contribution in [0, 0.1) is 0 Å². The summed E-state index contributed by atoms with van der Waals surface area (Å²) < 4.78 is 1.03. The van der Waals surface area contributed by atoms with E-state index in [9.17, 15) is 4.79 Å². The highest BCUT2D eigenvalue weighted by atomic mass is 79.9. The Bertz CT molecular complexity index is 847. The molecule has 0 aliphatic rings. The number of aromatic nitrogens is 1. The largest absolute Gasteiger partial charge is 0.298 e. The second kappa shape index (κ2) is 6.68. The average molecular weight is 434 g/mol. The van der Waals surface area contributed by atoms with Crippen LogP contribution in [-0.2, 0) is 0 Å². The first-order valence-electron chi connectivity index (χ1n) is 6.01. The van der Waals surface area contributed by atoms with Crippen molar-refractivity contribution in [3.05, 3.63) is 55.1 Å². The maximum atomic E-state index is 12.2. The zero-order valence-electron chi connectivity index (χ0n) is 10.8. The van der Waals surface area contributed by atoms with Gasteiger partial charge in [0.15, 0.2) is 5.13 Å². The molecule has 2 aromatic heterocycles. The van der Waals surface area contributed by atoms with Gasteiger partial charge in [-0.1, -0.05) is 29.3 Å². The van der Waals surface area contributed by atoms with Crippen molar-refractivity contribution >= 4 is 72.8 Å². The van der Waals surface area contributed by atoms with Crippen LogP contribution in [0.2, 0.25) is 10.0 Å². The second-order valence-corrected chi connectivity index (χ2v) is 8.30. The Labute approximate surface area is 153 Å². The molecule has 3 aromatic rings. The number of nitrogens with one attached hydrogen (secondary N) is 1. The molecule has 0 atom stereocenters. The number of carbonyl (C=O) groups is 1. The van der Waals surface area contributed by atoms with E-state index in [1.807, 2.05) is 17.5 Å². The first kappa shape index (κ1) is 16.0. The van der Waals surface area contributed by atoms with Crippen LogP contribution in [0.25, 0.3) is 10.6 Å². The van der Waals surface area contributed by atoms with Crippen molar-refractivity contribution in [2.24, 2.45) is 0 Å². The predicted molar refractivity (Wildman–Crippen MR) is 97.5 cm³/mol. The third-order valence-electron chi connectivity index (χ3n) is 2.75. The number of halogens is 3. The van der Waals surface area contributed by atoms with E-state index in [-0.39, 0.29) is 10.9 Å². The molecule has 1 N–H and O–H groups in total. The van der Waals surface area contributed by atoms with Crippen molar-refractivity contribution in [3.8, 4) is 10.6 Å². The van der Waals surface area contributed by atoms with E-state index in [0.29, 0.717) is 15.7 Å². The number of hydrogen-bond donors (Lipinski definition) is 1. The van der Waals surface area contributed by atoms with Crippen LogP contribution in [0.4, 0.5) is 5.13 Å². The maximum absolute atomic E-state index is 12.2. The fraction of sp³-hybridized carbons (Fsp3) is 0. The van der Waals surface area contributed by atoms with Crippen molar-refractivity contribution < 1.29 is 4.79 Å². The van der Waals surface area contributed by atoms with Gasteiger partial charge in [0.05, 0.1) is 30.0 Å². The summed E-state index contributed by atoms with van der Waals surface area (Å²) in [6, 6.07) is 8.87. The molecule has 0 fully saturated rings. The van der Waals surface area contributed by atoms with E-state index in [1.54, 1.807) is 29.5 Å². The van der Waals surface area contributed by atoms with Crippen molar-refractivity contribution in [1.29, 1.82) is 0 Å². The second-order valence-electron chi connectivity index (χ2n) is 4.20. The van der Waals surface area contributed by atoms with E-state index in [4.69, 9.17) is 23.2 Å². The van der Waals surface area contributed by atoms with Gasteiger partial charge in [-0.25, -0.2) is 4.98 Å². The zero-order chi connectivity index (χ0) is 15.7. The topological polar surface area (TPSA) is 42.0 Å². The quantitative estimate of drug-likeness (QED) is 0.534. The van der Waals surface area contributed by atoms with Crippen LogP contribution in [-0.4, -0.2) is 10.9 Å². The Morgan fingerprint density at radius 2 is 2.05 bits per heavy atom. The van der Waals surface area contributed by atoms with Gasteiger partial charge in [0.25, 0.3) is 5.91 Å². The molecular formula is C14H7BrCl2N2OS2. The van der Waals surface area contributed by atoms with Gasteiger partial charge in [-0.05, 0) is 40.2 Å². The highest BCUT2D eigenvalue weighted by molar-refractivity contribution is 9.11. The lowest BCUT2D eigenvalue weighted by atomic mass is 10.2. The molecule has 112 valence electrons. The number of anilines is 1. The molecule has 0 saturated carbocycles. The summed E-state index contributed by atoms with van der Waals surface area (Å²) in [6.45, 7) is 0. The summed E-state index contributed by atoms with van der Waals surface area (Å²) >= 11 is 18.3. The number of thiazole rings is 1. The minimum Gasteiger partial charge on any atom is -0.298 e. The third kappa shape index (κ3) is 3.36. The molecule has 0 aliphatic carbocycles. The van der Waals surface area contributed by atoms with Gasteiger partial charge in [0.2, 0.25) is 0 Å². The van der Waals surface area contributed by atoms with Gasteiger partial charge >= 0.3 is 0 Å². The molecule has 3 nitrogen and oxygen atoms in total. The molecule has 0 saturated heterocycles. The van der Waals surface area contributed by atoms with E-state index in [2.05, 4.69) is 26.2 Å². The van der Waals surface area contributed by atoms with Gasteiger partial charge in [0.1, 0.15) is 0 Å². The van der Waals surface area contributed by atoms with Crippen molar-refractivity contribution in [3.63, 3.8) is 0 Å². The van der Waals surface area contributed by atoms with Crippen LogP contribution in [0.3, 0.4) is 0 Å². The van der Waals surface area contributed by atoms with E-state index in [1.165, 1.54) is 11.3 Å². The molecule has 0 unspecified atom stereocenters. The summed E-state index contributed by atoms with van der Waals surface area (Å²) in [5, 5.41) is 5.73. The summed E-state index contributed by atoms with van der Waals surface area (Å²) in [5.41, 5.74) is 1.15. The molecule has 1 amide bonds. The van der Waals surface area contributed by atoms with Gasteiger partial charge < -0.3 is 0 Å². The van der Waals surface area contributed by atoms with Gasteiger partial charge in [-0.3, -0.25) is 10.1 Å². The number of carbonyl (C=O) groups excluding carboxylic acids is 1. The summed E-state index contributed by atoms with van der Waals surface area (Å²) in [4.78, 5) is 17.7. The Hall–Kier alpha value is -0.920. The Balaban J connectivity index is 1.80. The predicted octanol–water partition coefficient (Wildman–Crippen LogP) is 6.19. The van der Waals surface area contributed by atoms with Crippen LogP contribution >= 0.6 is 61.8 Å². The maximum Gasteiger partial charge on any atom is 0.259 e. The molecule has 8 heteroatoms. The molecule has 22 heavy (non-hydrogen) atoms. The normalized spacial score (nSPS) is 10.7. The zero-order valence-corrected chi connectivity index (χ0v) is 15.5. The van der Waals surface area contributed by atoms with Crippen molar-refractivity contribution in [1.82, 2.24) is 4.98 Å². The minimum atomic E-state index is -0.333. The van der Waals surface area contributed by atoms with Crippen LogP contribution in [0.1, 0.15) is 10.4 Å². The molecular weight excluding hydrogens is 427 g/mol. The average Bonchev–Trinajstić information content (AvgIpc) is 3.10. The Morgan fingerprint density at radius 3 is 2.77 bits per heavy atom. The highest BCUT2D eigenvalue weighted by Gasteiger charge is 2.15. The Morgan fingerprint density at radius 1 is 1.23 bits per heavy atom. The lowest BCUT2D eigenvalue weighted by Crippen LogP contribution is -2.12. The Kier molecular flexibility index (Phi) is 4.84. The molecule has 0 spiro atoms. The summed E-state index contributed by atoms with van der Waals surface area (Å²) in [5.74, 6) is -0.333. The molecule has 0 radical (unpaired) electrons. The number of hydrogen-bond acceptors (Lipinski definition) is 4. The fourth-order valence-corrected chi connectivity index (χ4v) is 4.25. The monoisotopic (exact) mass is 432 g/mol. The molecule has 2 heterocycles.